The molecule has 0 unspecified atom stereocenters. The zero-order chi connectivity index (χ0) is 11.9. The second-order valence-electron chi connectivity index (χ2n) is 4.02. The molecule has 0 spiro atoms. The van der Waals surface area contributed by atoms with Gasteiger partial charge in [0.05, 0.1) is 12.4 Å². The quantitative estimate of drug-likeness (QED) is 0.495. The van der Waals surface area contributed by atoms with Crippen LogP contribution in [-0.4, -0.2) is 32.5 Å². The number of unbranched alkanes of at least 4 members (excludes halogenated alkanes) is 1. The number of rotatable bonds is 7. The van der Waals surface area contributed by atoms with Crippen LogP contribution in [0.1, 0.15) is 33.6 Å². The molecule has 0 fully saturated rings. The predicted octanol–water partition coefficient (Wildman–Crippen LogP) is 1.40. The van der Waals surface area contributed by atoms with Gasteiger partial charge in [-0.25, -0.2) is 8.42 Å². The number of esters is 1. The van der Waals surface area contributed by atoms with E-state index < -0.39 is 21.6 Å². The molecule has 0 atom stereocenters. The van der Waals surface area contributed by atoms with Crippen LogP contribution in [0.2, 0.25) is 0 Å². The Kier molecular flexibility index (Phi) is 6.56. The summed E-state index contributed by atoms with van der Waals surface area (Å²) in [5.74, 6) is -1.05. The highest BCUT2D eigenvalue weighted by Gasteiger charge is 2.18. The number of hydrogen-bond acceptors (Lipinski definition) is 4. The van der Waals surface area contributed by atoms with Crippen molar-refractivity contribution in [3.63, 3.8) is 0 Å². The minimum absolute atomic E-state index is 0.0376. The molecule has 0 aliphatic heterocycles. The maximum atomic E-state index is 11.4. The summed E-state index contributed by atoms with van der Waals surface area (Å²) >= 11 is 0. The first-order valence-electron chi connectivity index (χ1n) is 5.23. The Balaban J connectivity index is 3.95. The van der Waals surface area contributed by atoms with E-state index in [1.165, 1.54) is 0 Å². The Morgan fingerprint density at radius 3 is 2.40 bits per heavy atom. The molecule has 0 aromatic heterocycles. The van der Waals surface area contributed by atoms with Gasteiger partial charge in [-0.3, -0.25) is 4.79 Å². The normalized spacial score (nSPS) is 11.7. The van der Waals surface area contributed by atoms with Crippen LogP contribution < -0.4 is 0 Å². The van der Waals surface area contributed by atoms with E-state index >= 15 is 0 Å². The van der Waals surface area contributed by atoms with Crippen molar-refractivity contribution in [3.8, 4) is 0 Å². The first-order valence-corrected chi connectivity index (χ1v) is 7.05. The van der Waals surface area contributed by atoms with E-state index in [2.05, 4.69) is 0 Å². The molecule has 15 heavy (non-hydrogen) atoms. The van der Waals surface area contributed by atoms with E-state index in [0.717, 1.165) is 12.8 Å². The molecule has 0 radical (unpaired) electrons. The lowest BCUT2D eigenvalue weighted by Crippen LogP contribution is -2.23. The van der Waals surface area contributed by atoms with Gasteiger partial charge in [-0.2, -0.15) is 0 Å². The smallest absolute Gasteiger partial charge is 0.321 e. The van der Waals surface area contributed by atoms with Gasteiger partial charge in [0.15, 0.2) is 9.84 Å². The van der Waals surface area contributed by atoms with Gasteiger partial charge < -0.3 is 4.74 Å². The summed E-state index contributed by atoms with van der Waals surface area (Å²) in [5, 5.41) is 0. The number of carbonyl (C=O) groups excluding carboxylic acids is 1. The third kappa shape index (κ3) is 8.42. The van der Waals surface area contributed by atoms with Crippen molar-refractivity contribution in [3.05, 3.63) is 0 Å². The molecule has 5 heteroatoms. The van der Waals surface area contributed by atoms with Crippen LogP contribution in [0.4, 0.5) is 0 Å². The molecule has 0 heterocycles. The Hall–Kier alpha value is -0.580. The fourth-order valence-corrected chi connectivity index (χ4v) is 2.69. The molecule has 0 saturated heterocycles. The standard InChI is InChI=1S/C10H20O4S/c1-4-5-6-14-10(11)8-15(12,13)7-9(2)3/h9H,4-8H2,1-3H3. The Morgan fingerprint density at radius 1 is 1.33 bits per heavy atom. The first-order chi connectivity index (χ1) is 6.87. The topological polar surface area (TPSA) is 60.4 Å². The summed E-state index contributed by atoms with van der Waals surface area (Å²) in [4.78, 5) is 11.1. The lowest BCUT2D eigenvalue weighted by molar-refractivity contribution is -0.140. The minimum atomic E-state index is -3.29. The van der Waals surface area contributed by atoms with Crippen LogP contribution >= 0.6 is 0 Å². The average Bonchev–Trinajstić information content (AvgIpc) is 2.00. The van der Waals surface area contributed by atoms with Crippen LogP contribution in [0.3, 0.4) is 0 Å². The van der Waals surface area contributed by atoms with E-state index in [1.807, 2.05) is 6.92 Å². The van der Waals surface area contributed by atoms with Crippen LogP contribution in [0, 0.1) is 5.92 Å². The minimum Gasteiger partial charge on any atom is -0.465 e. The van der Waals surface area contributed by atoms with Crippen LogP contribution in [0.5, 0.6) is 0 Å². The summed E-state index contributed by atoms with van der Waals surface area (Å²) in [5.41, 5.74) is 0. The fraction of sp³-hybridized carbons (Fsp3) is 0.900. The van der Waals surface area contributed by atoms with Gasteiger partial charge in [0, 0.05) is 0 Å². The van der Waals surface area contributed by atoms with Crippen LogP contribution in [0.15, 0.2) is 0 Å². The van der Waals surface area contributed by atoms with Gasteiger partial charge in [-0.1, -0.05) is 27.2 Å². The fourth-order valence-electron chi connectivity index (χ4n) is 1.12. The summed E-state index contributed by atoms with van der Waals surface area (Å²) < 4.78 is 27.5. The van der Waals surface area contributed by atoms with Gasteiger partial charge >= 0.3 is 5.97 Å². The zero-order valence-corrected chi connectivity index (χ0v) is 10.5. The molecule has 0 aromatic carbocycles. The molecular formula is C10H20O4S. The Labute approximate surface area is 91.9 Å². The number of sulfone groups is 1. The number of carbonyl (C=O) groups is 1. The van der Waals surface area contributed by atoms with Crippen LogP contribution in [-0.2, 0) is 19.4 Å². The van der Waals surface area contributed by atoms with Gasteiger partial charge in [-0.05, 0) is 12.3 Å². The SMILES string of the molecule is CCCCOC(=O)CS(=O)(=O)CC(C)C. The Morgan fingerprint density at radius 2 is 1.93 bits per heavy atom. The van der Waals surface area contributed by atoms with Gasteiger partial charge in [0.2, 0.25) is 0 Å². The maximum Gasteiger partial charge on any atom is 0.321 e. The molecule has 0 aliphatic carbocycles. The first kappa shape index (κ1) is 14.4. The highest BCUT2D eigenvalue weighted by Crippen LogP contribution is 2.01. The second kappa shape index (κ2) is 6.82. The second-order valence-corrected chi connectivity index (χ2v) is 6.13. The van der Waals surface area contributed by atoms with E-state index in [-0.39, 0.29) is 11.7 Å². The van der Waals surface area contributed by atoms with E-state index in [9.17, 15) is 13.2 Å². The molecule has 0 aliphatic rings. The monoisotopic (exact) mass is 236 g/mol. The van der Waals surface area contributed by atoms with Gasteiger partial charge in [0.25, 0.3) is 0 Å². The van der Waals surface area contributed by atoms with E-state index in [4.69, 9.17) is 4.74 Å². The van der Waals surface area contributed by atoms with Crippen molar-refractivity contribution in [2.24, 2.45) is 5.92 Å². The van der Waals surface area contributed by atoms with Crippen molar-refractivity contribution in [2.45, 2.75) is 33.6 Å². The van der Waals surface area contributed by atoms with Crippen molar-refractivity contribution in [1.29, 1.82) is 0 Å². The Bertz CT molecular complexity index is 280. The van der Waals surface area contributed by atoms with Crippen molar-refractivity contribution in [1.82, 2.24) is 0 Å². The molecule has 90 valence electrons. The number of ether oxygens (including phenoxy) is 1. The summed E-state index contributed by atoms with van der Waals surface area (Å²) in [7, 11) is -3.29. The lowest BCUT2D eigenvalue weighted by Gasteiger charge is -2.07. The molecule has 0 saturated carbocycles. The largest absolute Gasteiger partial charge is 0.465 e. The van der Waals surface area contributed by atoms with Gasteiger partial charge in [0.1, 0.15) is 5.75 Å². The van der Waals surface area contributed by atoms with E-state index in [1.54, 1.807) is 13.8 Å². The highest BCUT2D eigenvalue weighted by molar-refractivity contribution is 7.92. The molecule has 0 amide bonds. The van der Waals surface area contributed by atoms with Crippen molar-refractivity contribution < 1.29 is 17.9 Å². The molecule has 0 rings (SSSR count). The highest BCUT2D eigenvalue weighted by atomic mass is 32.2. The van der Waals surface area contributed by atoms with Gasteiger partial charge in [-0.15, -0.1) is 0 Å². The maximum absolute atomic E-state index is 11.4. The number of hydrogen-bond donors (Lipinski definition) is 0. The van der Waals surface area contributed by atoms with Crippen LogP contribution in [0.25, 0.3) is 0 Å². The molecule has 0 aromatic rings. The average molecular weight is 236 g/mol. The van der Waals surface area contributed by atoms with Crippen molar-refractivity contribution in [2.75, 3.05) is 18.1 Å². The predicted molar refractivity (Wildman–Crippen MR) is 59.4 cm³/mol. The lowest BCUT2D eigenvalue weighted by atomic mass is 10.3. The molecule has 0 N–H and O–H groups in total. The molecular weight excluding hydrogens is 216 g/mol. The third-order valence-corrected chi connectivity index (χ3v) is 3.54. The third-order valence-electron chi connectivity index (χ3n) is 1.69. The molecule has 0 bridgehead atoms. The zero-order valence-electron chi connectivity index (χ0n) is 9.65. The molecule has 4 nitrogen and oxygen atoms in total. The summed E-state index contributed by atoms with van der Waals surface area (Å²) in [6.45, 7) is 5.90. The van der Waals surface area contributed by atoms with E-state index in [0.29, 0.717) is 6.61 Å². The van der Waals surface area contributed by atoms with Crippen molar-refractivity contribution >= 4 is 15.8 Å². The summed E-state index contributed by atoms with van der Waals surface area (Å²) in [6.07, 6.45) is 1.70. The summed E-state index contributed by atoms with van der Waals surface area (Å²) in [6, 6.07) is 0.